The van der Waals surface area contributed by atoms with Gasteiger partial charge in [-0.05, 0) is 19.1 Å². The van der Waals surface area contributed by atoms with E-state index in [-0.39, 0.29) is 5.82 Å². The van der Waals surface area contributed by atoms with Crippen molar-refractivity contribution < 1.29 is 13.2 Å². The van der Waals surface area contributed by atoms with E-state index in [2.05, 4.69) is 4.98 Å². The lowest BCUT2D eigenvalue weighted by molar-refractivity contribution is -0.137. The largest absolute Gasteiger partial charge is 0.417 e. The molecule has 2 N–H and O–H groups in total. The third-order valence-electron chi connectivity index (χ3n) is 2.17. The molecule has 2 heterocycles. The highest BCUT2D eigenvalue weighted by Crippen LogP contribution is 2.30. The van der Waals surface area contributed by atoms with Gasteiger partial charge in [0.15, 0.2) is 0 Å². The summed E-state index contributed by atoms with van der Waals surface area (Å²) in [5.74, 6) is 0.233. The van der Waals surface area contributed by atoms with Crippen molar-refractivity contribution in [2.24, 2.45) is 0 Å². The van der Waals surface area contributed by atoms with Gasteiger partial charge in [0.05, 0.1) is 11.3 Å². The minimum absolute atomic E-state index is 0.233. The normalized spacial score (nSPS) is 12.3. The summed E-state index contributed by atoms with van der Waals surface area (Å²) in [5, 5.41) is 0. The maximum atomic E-state index is 12.4. The summed E-state index contributed by atoms with van der Waals surface area (Å²) in [6.07, 6.45) is -3.41. The SMILES string of the molecule is Cc1nc2ccc(C(F)(F)F)cn2c1N. The van der Waals surface area contributed by atoms with Crippen LogP contribution in [0, 0.1) is 6.92 Å². The first-order chi connectivity index (χ1) is 6.89. The first-order valence-corrected chi connectivity index (χ1v) is 4.21. The van der Waals surface area contributed by atoms with Crippen molar-refractivity contribution in [1.82, 2.24) is 9.38 Å². The molecule has 0 bridgehead atoms. The highest BCUT2D eigenvalue weighted by atomic mass is 19.4. The lowest BCUT2D eigenvalue weighted by Gasteiger charge is -2.06. The molecule has 0 fully saturated rings. The third-order valence-corrected chi connectivity index (χ3v) is 2.17. The molecule has 0 aromatic carbocycles. The molecule has 0 spiro atoms. The number of nitrogens with zero attached hydrogens (tertiary/aromatic N) is 2. The number of alkyl halides is 3. The van der Waals surface area contributed by atoms with Gasteiger partial charge in [-0.3, -0.25) is 4.40 Å². The van der Waals surface area contributed by atoms with E-state index in [9.17, 15) is 13.2 Å². The van der Waals surface area contributed by atoms with Crippen LogP contribution >= 0.6 is 0 Å². The Morgan fingerprint density at radius 1 is 1.33 bits per heavy atom. The minimum Gasteiger partial charge on any atom is -0.383 e. The summed E-state index contributed by atoms with van der Waals surface area (Å²) in [6, 6.07) is 2.29. The fourth-order valence-electron chi connectivity index (χ4n) is 1.35. The van der Waals surface area contributed by atoms with E-state index in [1.54, 1.807) is 6.92 Å². The number of imidazole rings is 1. The maximum absolute atomic E-state index is 12.4. The average Bonchev–Trinajstić information content (AvgIpc) is 2.41. The van der Waals surface area contributed by atoms with Crippen molar-refractivity contribution in [3.8, 4) is 0 Å². The number of pyridine rings is 1. The Morgan fingerprint density at radius 3 is 2.60 bits per heavy atom. The molecule has 80 valence electrons. The molecule has 0 saturated heterocycles. The summed E-state index contributed by atoms with van der Waals surface area (Å²) < 4.78 is 38.4. The van der Waals surface area contributed by atoms with Gasteiger partial charge in [0.2, 0.25) is 0 Å². The predicted octanol–water partition coefficient (Wildman–Crippen LogP) is 2.24. The predicted molar refractivity (Wildman–Crippen MR) is 49.3 cm³/mol. The zero-order chi connectivity index (χ0) is 11.2. The molecule has 0 atom stereocenters. The number of hydrogen-bond donors (Lipinski definition) is 1. The molecule has 15 heavy (non-hydrogen) atoms. The van der Waals surface area contributed by atoms with Crippen LogP contribution in [0.1, 0.15) is 11.3 Å². The fourth-order valence-corrected chi connectivity index (χ4v) is 1.35. The number of fused-ring (bicyclic) bond motifs is 1. The molecule has 2 aromatic heterocycles. The van der Waals surface area contributed by atoms with Crippen LogP contribution in [0.2, 0.25) is 0 Å². The van der Waals surface area contributed by atoms with E-state index in [4.69, 9.17) is 5.73 Å². The zero-order valence-corrected chi connectivity index (χ0v) is 7.84. The van der Waals surface area contributed by atoms with Crippen LogP contribution in [0.4, 0.5) is 19.0 Å². The van der Waals surface area contributed by atoms with Crippen LogP contribution in [0.3, 0.4) is 0 Å². The summed E-state index contributed by atoms with van der Waals surface area (Å²) in [6.45, 7) is 1.65. The van der Waals surface area contributed by atoms with Crippen molar-refractivity contribution >= 4 is 11.5 Å². The van der Waals surface area contributed by atoms with Gasteiger partial charge in [0, 0.05) is 6.20 Å². The molecule has 0 aliphatic heterocycles. The van der Waals surface area contributed by atoms with Gasteiger partial charge >= 0.3 is 6.18 Å². The van der Waals surface area contributed by atoms with Gasteiger partial charge in [-0.15, -0.1) is 0 Å². The number of halogens is 3. The smallest absolute Gasteiger partial charge is 0.383 e. The van der Waals surface area contributed by atoms with E-state index in [1.165, 1.54) is 10.5 Å². The number of nitrogen functional groups attached to an aromatic ring is 1. The van der Waals surface area contributed by atoms with Crippen LogP contribution in [0.5, 0.6) is 0 Å². The number of rotatable bonds is 0. The van der Waals surface area contributed by atoms with Crippen molar-refractivity contribution in [2.75, 3.05) is 5.73 Å². The lowest BCUT2D eigenvalue weighted by atomic mass is 10.3. The summed E-state index contributed by atoms with van der Waals surface area (Å²) >= 11 is 0. The molecular formula is C9H8F3N3. The van der Waals surface area contributed by atoms with Crippen LogP contribution < -0.4 is 5.73 Å². The standard InChI is InChI=1S/C9H8F3N3/c1-5-8(13)15-4-6(9(10,11)12)2-3-7(15)14-5/h2-4H,13H2,1H3. The Kier molecular flexibility index (Phi) is 1.89. The monoisotopic (exact) mass is 215 g/mol. The molecule has 0 aliphatic carbocycles. The first-order valence-electron chi connectivity index (χ1n) is 4.21. The van der Waals surface area contributed by atoms with Crippen LogP contribution in [0.15, 0.2) is 18.3 Å². The number of nitrogens with two attached hydrogens (primary N) is 1. The van der Waals surface area contributed by atoms with Crippen LogP contribution in [0.25, 0.3) is 5.65 Å². The second-order valence-corrected chi connectivity index (χ2v) is 3.23. The Balaban J connectivity index is 2.70. The lowest BCUT2D eigenvalue weighted by Crippen LogP contribution is -2.06. The number of aryl methyl sites for hydroxylation is 1. The quantitative estimate of drug-likeness (QED) is 0.732. The minimum atomic E-state index is -4.36. The van der Waals surface area contributed by atoms with Crippen LogP contribution in [-0.2, 0) is 6.18 Å². The van der Waals surface area contributed by atoms with Crippen molar-refractivity contribution in [1.29, 1.82) is 0 Å². The van der Waals surface area contributed by atoms with E-state index >= 15 is 0 Å². The summed E-state index contributed by atoms with van der Waals surface area (Å²) in [7, 11) is 0. The van der Waals surface area contributed by atoms with Crippen molar-refractivity contribution in [3.05, 3.63) is 29.6 Å². The summed E-state index contributed by atoms with van der Waals surface area (Å²) in [5.41, 5.74) is 5.78. The van der Waals surface area contributed by atoms with Gasteiger partial charge in [-0.25, -0.2) is 4.98 Å². The zero-order valence-electron chi connectivity index (χ0n) is 7.84. The van der Waals surface area contributed by atoms with E-state index < -0.39 is 11.7 Å². The molecule has 6 heteroatoms. The molecule has 2 aromatic rings. The molecule has 0 aliphatic rings. The summed E-state index contributed by atoms with van der Waals surface area (Å²) in [4.78, 5) is 4.01. The molecule has 0 unspecified atom stereocenters. The van der Waals surface area contributed by atoms with Crippen LogP contribution in [-0.4, -0.2) is 9.38 Å². The molecular weight excluding hydrogens is 207 g/mol. The average molecular weight is 215 g/mol. The highest BCUT2D eigenvalue weighted by molar-refractivity contribution is 5.53. The molecule has 0 saturated carbocycles. The third kappa shape index (κ3) is 1.51. The highest BCUT2D eigenvalue weighted by Gasteiger charge is 2.31. The van der Waals surface area contributed by atoms with Gasteiger partial charge in [-0.2, -0.15) is 13.2 Å². The van der Waals surface area contributed by atoms with Gasteiger partial charge in [0.25, 0.3) is 0 Å². The molecule has 0 amide bonds. The number of anilines is 1. The second-order valence-electron chi connectivity index (χ2n) is 3.23. The molecule has 2 rings (SSSR count). The van der Waals surface area contributed by atoms with Gasteiger partial charge in [-0.1, -0.05) is 0 Å². The Morgan fingerprint density at radius 2 is 2.00 bits per heavy atom. The maximum Gasteiger partial charge on any atom is 0.417 e. The Hall–Kier alpha value is -1.72. The van der Waals surface area contributed by atoms with Gasteiger partial charge in [0.1, 0.15) is 11.5 Å². The molecule has 3 nitrogen and oxygen atoms in total. The van der Waals surface area contributed by atoms with Crippen molar-refractivity contribution in [2.45, 2.75) is 13.1 Å². The first kappa shape index (κ1) is 9.82. The van der Waals surface area contributed by atoms with Gasteiger partial charge < -0.3 is 5.73 Å². The Labute approximate surface area is 83.3 Å². The fraction of sp³-hybridized carbons (Fsp3) is 0.222. The second kappa shape index (κ2) is 2.88. The van der Waals surface area contributed by atoms with E-state index in [1.807, 2.05) is 0 Å². The van der Waals surface area contributed by atoms with E-state index in [0.717, 1.165) is 12.3 Å². The van der Waals surface area contributed by atoms with Crippen molar-refractivity contribution in [3.63, 3.8) is 0 Å². The van der Waals surface area contributed by atoms with E-state index in [0.29, 0.717) is 11.3 Å². The number of aromatic nitrogens is 2. The number of hydrogen-bond acceptors (Lipinski definition) is 2. The molecule has 0 radical (unpaired) electrons. The Bertz CT molecular complexity index is 513. The topological polar surface area (TPSA) is 43.3 Å².